The van der Waals surface area contributed by atoms with Gasteiger partial charge in [0, 0.05) is 35.0 Å². The first-order valence-electron chi connectivity index (χ1n) is 7.81. The molecule has 4 N–H and O–H groups in total. The average molecular weight is 445 g/mol. The third kappa shape index (κ3) is 3.47. The molecule has 1 aliphatic rings. The van der Waals surface area contributed by atoms with Crippen molar-refractivity contribution in [3.05, 3.63) is 28.4 Å². The molecular formula is C15H17BrN4O5S. The quantitative estimate of drug-likeness (QED) is 0.505. The SMILES string of the molecule is O=C1CN(S(=O)(=O)c2c(C(=O)NCCO)[nH]c3ccc(Br)cc23)CCN1. The Kier molecular flexibility index (Phi) is 5.32. The van der Waals surface area contributed by atoms with E-state index < -0.39 is 21.8 Å². The first kappa shape index (κ1) is 18.8. The summed E-state index contributed by atoms with van der Waals surface area (Å²) in [7, 11) is -4.10. The molecule has 0 atom stereocenters. The largest absolute Gasteiger partial charge is 0.395 e. The van der Waals surface area contributed by atoms with Gasteiger partial charge in [0.05, 0.1) is 13.2 Å². The minimum Gasteiger partial charge on any atom is -0.395 e. The molecule has 0 aliphatic carbocycles. The molecule has 2 heterocycles. The molecule has 1 saturated heterocycles. The summed E-state index contributed by atoms with van der Waals surface area (Å²) >= 11 is 3.31. The molecule has 1 aromatic carbocycles. The number of amides is 2. The number of sulfonamides is 1. The van der Waals surface area contributed by atoms with Crippen molar-refractivity contribution in [2.45, 2.75) is 4.90 Å². The Morgan fingerprint density at radius 3 is 2.85 bits per heavy atom. The molecule has 0 unspecified atom stereocenters. The van der Waals surface area contributed by atoms with Crippen LogP contribution in [0.2, 0.25) is 0 Å². The highest BCUT2D eigenvalue weighted by molar-refractivity contribution is 9.10. The van der Waals surface area contributed by atoms with E-state index in [4.69, 9.17) is 5.11 Å². The number of carbonyl (C=O) groups is 2. The lowest BCUT2D eigenvalue weighted by atomic mass is 10.2. The molecule has 0 radical (unpaired) electrons. The minimum atomic E-state index is -4.10. The molecule has 140 valence electrons. The number of halogens is 1. The van der Waals surface area contributed by atoms with Crippen molar-refractivity contribution >= 4 is 48.7 Å². The molecule has 0 spiro atoms. The van der Waals surface area contributed by atoms with Crippen LogP contribution in [0, 0.1) is 0 Å². The fraction of sp³-hybridized carbons (Fsp3) is 0.333. The summed E-state index contributed by atoms with van der Waals surface area (Å²) in [5, 5.41) is 14.3. The number of benzene rings is 1. The Hall–Kier alpha value is -1.95. The Morgan fingerprint density at radius 2 is 2.15 bits per heavy atom. The van der Waals surface area contributed by atoms with E-state index in [-0.39, 0.29) is 43.4 Å². The van der Waals surface area contributed by atoms with Crippen molar-refractivity contribution in [3.8, 4) is 0 Å². The van der Waals surface area contributed by atoms with Gasteiger partial charge in [0.15, 0.2) is 0 Å². The van der Waals surface area contributed by atoms with Crippen LogP contribution < -0.4 is 10.6 Å². The van der Waals surface area contributed by atoms with Crippen LogP contribution in [0.25, 0.3) is 10.9 Å². The van der Waals surface area contributed by atoms with Crippen molar-refractivity contribution in [3.63, 3.8) is 0 Å². The summed E-state index contributed by atoms with van der Waals surface area (Å²) in [6, 6.07) is 4.98. The van der Waals surface area contributed by atoms with Gasteiger partial charge in [-0.1, -0.05) is 15.9 Å². The predicted molar refractivity (Wildman–Crippen MR) is 97.2 cm³/mol. The first-order valence-corrected chi connectivity index (χ1v) is 10.0. The van der Waals surface area contributed by atoms with E-state index in [0.29, 0.717) is 15.4 Å². The molecule has 1 aliphatic heterocycles. The maximum atomic E-state index is 13.2. The van der Waals surface area contributed by atoms with E-state index in [0.717, 1.165) is 4.31 Å². The number of H-pyrrole nitrogens is 1. The van der Waals surface area contributed by atoms with Crippen molar-refractivity contribution in [1.82, 2.24) is 19.9 Å². The van der Waals surface area contributed by atoms with E-state index in [9.17, 15) is 18.0 Å². The zero-order valence-corrected chi connectivity index (χ0v) is 16.0. The molecule has 1 aromatic heterocycles. The topological polar surface area (TPSA) is 132 Å². The summed E-state index contributed by atoms with van der Waals surface area (Å²) in [5.41, 5.74) is 0.347. The van der Waals surface area contributed by atoms with Crippen LogP contribution in [-0.4, -0.2) is 67.4 Å². The smallest absolute Gasteiger partial charge is 0.269 e. The van der Waals surface area contributed by atoms with Gasteiger partial charge in [-0.05, 0) is 18.2 Å². The molecule has 3 rings (SSSR count). The number of aliphatic hydroxyl groups is 1. The highest BCUT2D eigenvalue weighted by atomic mass is 79.9. The normalized spacial score (nSPS) is 15.8. The number of aromatic amines is 1. The van der Waals surface area contributed by atoms with Crippen LogP contribution in [0.3, 0.4) is 0 Å². The molecule has 2 amide bonds. The second-order valence-corrected chi connectivity index (χ2v) is 8.48. The summed E-state index contributed by atoms with van der Waals surface area (Å²) in [6.07, 6.45) is 0. The molecule has 9 nitrogen and oxygen atoms in total. The van der Waals surface area contributed by atoms with Crippen LogP contribution in [0.15, 0.2) is 27.6 Å². The number of carbonyl (C=O) groups excluding carboxylic acids is 2. The molecule has 11 heteroatoms. The zero-order valence-electron chi connectivity index (χ0n) is 13.6. The Labute approximate surface area is 157 Å². The Balaban J connectivity index is 2.16. The molecule has 0 bridgehead atoms. The third-order valence-electron chi connectivity index (χ3n) is 3.94. The van der Waals surface area contributed by atoms with E-state index in [1.54, 1.807) is 18.2 Å². The fourth-order valence-electron chi connectivity index (χ4n) is 2.77. The summed E-state index contributed by atoms with van der Waals surface area (Å²) in [5.74, 6) is -1.04. The molecular weight excluding hydrogens is 428 g/mol. The molecule has 0 saturated carbocycles. The second-order valence-electron chi connectivity index (χ2n) is 5.69. The molecule has 26 heavy (non-hydrogen) atoms. The van der Waals surface area contributed by atoms with Crippen molar-refractivity contribution in [2.75, 3.05) is 32.8 Å². The highest BCUT2D eigenvalue weighted by Gasteiger charge is 2.35. The van der Waals surface area contributed by atoms with E-state index in [2.05, 4.69) is 31.5 Å². The predicted octanol–water partition coefficient (Wildman–Crippen LogP) is -0.227. The number of hydrogen-bond acceptors (Lipinski definition) is 5. The van der Waals surface area contributed by atoms with Crippen LogP contribution in [0.1, 0.15) is 10.5 Å². The van der Waals surface area contributed by atoms with Gasteiger partial charge in [-0.25, -0.2) is 8.42 Å². The van der Waals surface area contributed by atoms with Gasteiger partial charge in [-0.15, -0.1) is 0 Å². The number of piperazine rings is 1. The van der Waals surface area contributed by atoms with Gasteiger partial charge in [-0.2, -0.15) is 4.31 Å². The monoisotopic (exact) mass is 444 g/mol. The van der Waals surface area contributed by atoms with Crippen molar-refractivity contribution < 1.29 is 23.1 Å². The number of nitrogens with one attached hydrogen (secondary N) is 3. The lowest BCUT2D eigenvalue weighted by Gasteiger charge is -2.26. The Bertz CT molecular complexity index is 972. The van der Waals surface area contributed by atoms with Crippen molar-refractivity contribution in [1.29, 1.82) is 0 Å². The van der Waals surface area contributed by atoms with Gasteiger partial charge < -0.3 is 20.7 Å². The van der Waals surface area contributed by atoms with Gasteiger partial charge in [0.25, 0.3) is 5.91 Å². The average Bonchev–Trinajstić information content (AvgIpc) is 2.99. The summed E-state index contributed by atoms with van der Waals surface area (Å²) < 4.78 is 28.1. The maximum Gasteiger partial charge on any atom is 0.269 e. The lowest BCUT2D eigenvalue weighted by Crippen LogP contribution is -2.50. The van der Waals surface area contributed by atoms with Crippen molar-refractivity contribution in [2.24, 2.45) is 0 Å². The maximum absolute atomic E-state index is 13.2. The van der Waals surface area contributed by atoms with Gasteiger partial charge in [0.1, 0.15) is 10.6 Å². The molecule has 2 aromatic rings. The summed E-state index contributed by atoms with van der Waals surface area (Å²) in [6.45, 7) is -0.265. The summed E-state index contributed by atoms with van der Waals surface area (Å²) in [4.78, 5) is 26.7. The van der Waals surface area contributed by atoms with E-state index >= 15 is 0 Å². The van der Waals surface area contributed by atoms with Crippen LogP contribution in [0.4, 0.5) is 0 Å². The van der Waals surface area contributed by atoms with E-state index in [1.807, 2.05) is 0 Å². The highest BCUT2D eigenvalue weighted by Crippen LogP contribution is 2.32. The van der Waals surface area contributed by atoms with Crippen LogP contribution in [0.5, 0.6) is 0 Å². The molecule has 1 fully saturated rings. The Morgan fingerprint density at radius 1 is 1.38 bits per heavy atom. The minimum absolute atomic E-state index is 0.0104. The standard InChI is InChI=1S/C15H17BrN4O5S/c16-9-1-2-11-10(7-9)14(13(19-11)15(23)18-4-6-21)26(24,25)20-5-3-17-12(22)8-20/h1-2,7,19,21H,3-6,8H2,(H,17,22)(H,18,23). The third-order valence-corrected chi connectivity index (χ3v) is 6.36. The number of aliphatic hydroxyl groups excluding tert-OH is 1. The van der Waals surface area contributed by atoms with E-state index in [1.165, 1.54) is 0 Å². The van der Waals surface area contributed by atoms with Crippen LogP contribution >= 0.6 is 15.9 Å². The lowest BCUT2D eigenvalue weighted by molar-refractivity contribution is -0.122. The first-order chi connectivity index (χ1) is 12.3. The van der Waals surface area contributed by atoms with Gasteiger partial charge >= 0.3 is 0 Å². The number of nitrogens with zero attached hydrogens (tertiary/aromatic N) is 1. The van der Waals surface area contributed by atoms with Gasteiger partial charge in [-0.3, -0.25) is 9.59 Å². The number of aromatic nitrogens is 1. The number of fused-ring (bicyclic) bond motifs is 1. The second kappa shape index (κ2) is 7.35. The van der Waals surface area contributed by atoms with Crippen LogP contribution in [-0.2, 0) is 14.8 Å². The number of rotatable bonds is 5. The van der Waals surface area contributed by atoms with Gasteiger partial charge in [0.2, 0.25) is 15.9 Å². The number of hydrogen-bond donors (Lipinski definition) is 4. The zero-order chi connectivity index (χ0) is 18.9. The fourth-order valence-corrected chi connectivity index (χ4v) is 4.86.